The first-order valence-corrected chi connectivity index (χ1v) is 10.8. The number of H-pyrrole nitrogens is 1. The van der Waals surface area contributed by atoms with Gasteiger partial charge in [-0.3, -0.25) is 14.4 Å². The Morgan fingerprint density at radius 3 is 2.43 bits per heavy atom. The third-order valence-corrected chi connectivity index (χ3v) is 7.79. The molecule has 2 heterocycles. The molecule has 2 amide bonds. The molecule has 1 saturated heterocycles. The lowest BCUT2D eigenvalue weighted by molar-refractivity contribution is -0.114. The average Bonchev–Trinajstić information content (AvgIpc) is 3.00. The van der Waals surface area contributed by atoms with Crippen LogP contribution < -0.4 is 10.2 Å². The number of sulfonamides is 1. The maximum Gasteiger partial charge on any atom is 0.305 e. The van der Waals surface area contributed by atoms with E-state index < -0.39 is 14.9 Å². The Morgan fingerprint density at radius 2 is 1.86 bits per heavy atom. The number of amides is 2. The zero-order chi connectivity index (χ0) is 20.5. The molecule has 2 aromatic rings. The third kappa shape index (κ3) is 4.16. The number of aromatic nitrogens is 1. The number of carbonyl (C=O) groups excluding carboxylic acids is 2. The van der Waals surface area contributed by atoms with Crippen LogP contribution in [0.1, 0.15) is 23.0 Å². The molecule has 3 rings (SSSR count). The molecule has 1 aromatic heterocycles. The van der Waals surface area contributed by atoms with Crippen LogP contribution in [-0.4, -0.2) is 60.6 Å². The predicted octanol–water partition coefficient (Wildman–Crippen LogP) is 0.850. The molecule has 1 fully saturated rings. The minimum Gasteiger partial charge on any atom is -0.336 e. The van der Waals surface area contributed by atoms with Crippen LogP contribution in [0.15, 0.2) is 33.3 Å². The van der Waals surface area contributed by atoms with Crippen molar-refractivity contribution in [2.45, 2.75) is 18.1 Å². The lowest BCUT2D eigenvalue weighted by atomic mass is 10.1. The van der Waals surface area contributed by atoms with Gasteiger partial charge in [-0.2, -0.15) is 4.31 Å². The van der Waals surface area contributed by atoms with Gasteiger partial charge in [0.15, 0.2) is 4.21 Å². The van der Waals surface area contributed by atoms with E-state index in [-0.39, 0.29) is 42.2 Å². The van der Waals surface area contributed by atoms with Crippen molar-refractivity contribution in [2.24, 2.45) is 0 Å². The first-order chi connectivity index (χ1) is 13.2. The second-order valence-corrected chi connectivity index (χ2v) is 9.50. The lowest BCUT2D eigenvalue weighted by Crippen LogP contribution is -2.50. The highest BCUT2D eigenvalue weighted by Crippen LogP contribution is 2.23. The maximum absolute atomic E-state index is 12.7. The highest BCUT2D eigenvalue weighted by Gasteiger charge is 2.32. The zero-order valence-electron chi connectivity index (χ0n) is 15.4. The first kappa shape index (κ1) is 20.2. The van der Waals surface area contributed by atoms with Crippen molar-refractivity contribution < 1.29 is 18.0 Å². The van der Waals surface area contributed by atoms with Gasteiger partial charge >= 0.3 is 4.87 Å². The average molecular weight is 425 g/mol. The molecule has 1 aliphatic rings. The summed E-state index contributed by atoms with van der Waals surface area (Å²) < 4.78 is 26.8. The molecule has 11 heteroatoms. The maximum atomic E-state index is 12.7. The summed E-state index contributed by atoms with van der Waals surface area (Å²) in [5.41, 5.74) is 1.27. The molecule has 28 heavy (non-hydrogen) atoms. The fourth-order valence-corrected chi connectivity index (χ4v) is 5.86. The minimum atomic E-state index is -3.77. The number of carbonyl (C=O) groups is 2. The molecule has 9 nitrogen and oxygen atoms in total. The van der Waals surface area contributed by atoms with Gasteiger partial charge in [-0.05, 0) is 25.1 Å². The van der Waals surface area contributed by atoms with E-state index in [0.29, 0.717) is 28.3 Å². The van der Waals surface area contributed by atoms with Gasteiger partial charge in [-0.1, -0.05) is 17.4 Å². The van der Waals surface area contributed by atoms with E-state index in [1.165, 1.54) is 11.2 Å². The summed E-state index contributed by atoms with van der Waals surface area (Å²) in [5, 5.41) is 2.63. The number of piperazine rings is 1. The summed E-state index contributed by atoms with van der Waals surface area (Å²) >= 11 is 0.670. The fraction of sp³-hybridized carbons (Fsp3) is 0.353. The van der Waals surface area contributed by atoms with Gasteiger partial charge in [0, 0.05) is 50.0 Å². The van der Waals surface area contributed by atoms with Crippen molar-refractivity contribution in [3.05, 3.63) is 45.2 Å². The third-order valence-electron chi connectivity index (χ3n) is 4.31. The SMILES string of the molecule is CC(=O)Nc1cccc(C(=O)N2CCN(S(=O)(=O)c3sc(=O)[nH]c3C)CC2)c1. The second-order valence-electron chi connectivity index (χ2n) is 6.39. The van der Waals surface area contributed by atoms with Crippen LogP contribution in [0, 0.1) is 6.92 Å². The Labute approximate surface area is 166 Å². The number of anilines is 1. The number of aryl methyl sites for hydroxylation is 1. The van der Waals surface area contributed by atoms with E-state index >= 15 is 0 Å². The van der Waals surface area contributed by atoms with Gasteiger partial charge in [-0.15, -0.1) is 0 Å². The van der Waals surface area contributed by atoms with Crippen LogP contribution in [0.5, 0.6) is 0 Å². The molecule has 0 spiro atoms. The molecule has 0 unspecified atom stereocenters. The molecular formula is C17H20N4O5S2. The summed E-state index contributed by atoms with van der Waals surface area (Å²) in [4.78, 5) is 39.0. The van der Waals surface area contributed by atoms with Crippen LogP contribution in [0.3, 0.4) is 0 Å². The molecule has 1 aliphatic heterocycles. The minimum absolute atomic E-state index is 0.0142. The Kier molecular flexibility index (Phi) is 5.68. The van der Waals surface area contributed by atoms with Gasteiger partial charge < -0.3 is 15.2 Å². The quantitative estimate of drug-likeness (QED) is 0.754. The number of benzene rings is 1. The summed E-state index contributed by atoms with van der Waals surface area (Å²) in [7, 11) is -3.77. The van der Waals surface area contributed by atoms with Crippen molar-refractivity contribution in [3.8, 4) is 0 Å². The normalized spacial score (nSPS) is 15.4. The molecule has 0 radical (unpaired) electrons. The molecular weight excluding hydrogens is 404 g/mol. The van der Waals surface area contributed by atoms with Crippen molar-refractivity contribution in [3.63, 3.8) is 0 Å². The number of hydrogen-bond donors (Lipinski definition) is 2. The molecule has 0 aliphatic carbocycles. The van der Waals surface area contributed by atoms with Crippen LogP contribution in [0.2, 0.25) is 0 Å². The number of nitrogens with one attached hydrogen (secondary N) is 2. The monoisotopic (exact) mass is 424 g/mol. The number of thiazole rings is 1. The Bertz CT molecular complexity index is 1070. The number of rotatable bonds is 4. The second kappa shape index (κ2) is 7.86. The van der Waals surface area contributed by atoms with Gasteiger partial charge in [0.2, 0.25) is 5.91 Å². The molecule has 0 saturated carbocycles. The van der Waals surface area contributed by atoms with E-state index in [0.717, 1.165) is 0 Å². The molecule has 0 atom stereocenters. The number of hydrogen-bond acceptors (Lipinski definition) is 6. The van der Waals surface area contributed by atoms with Crippen LogP contribution >= 0.6 is 11.3 Å². The summed E-state index contributed by atoms with van der Waals surface area (Å²) in [6.07, 6.45) is 0. The lowest BCUT2D eigenvalue weighted by Gasteiger charge is -2.33. The summed E-state index contributed by atoms with van der Waals surface area (Å²) in [5.74, 6) is -0.461. The van der Waals surface area contributed by atoms with Crippen LogP contribution in [0.4, 0.5) is 5.69 Å². The Hall–Kier alpha value is -2.50. The van der Waals surface area contributed by atoms with Gasteiger partial charge in [0.05, 0.1) is 0 Å². The summed E-state index contributed by atoms with van der Waals surface area (Å²) in [6.45, 7) is 3.70. The van der Waals surface area contributed by atoms with Crippen molar-refractivity contribution in [2.75, 3.05) is 31.5 Å². The largest absolute Gasteiger partial charge is 0.336 e. The zero-order valence-corrected chi connectivity index (χ0v) is 17.0. The molecule has 1 aromatic carbocycles. The van der Waals surface area contributed by atoms with E-state index in [1.807, 2.05) is 0 Å². The fourth-order valence-electron chi connectivity index (χ4n) is 3.00. The van der Waals surface area contributed by atoms with Crippen LogP contribution in [0.25, 0.3) is 0 Å². The Balaban J connectivity index is 1.70. The Morgan fingerprint density at radius 1 is 1.18 bits per heavy atom. The highest BCUT2D eigenvalue weighted by molar-refractivity contribution is 7.91. The van der Waals surface area contributed by atoms with Crippen molar-refractivity contribution >= 4 is 38.9 Å². The summed E-state index contributed by atoms with van der Waals surface area (Å²) in [6, 6.07) is 6.61. The number of aromatic amines is 1. The highest BCUT2D eigenvalue weighted by atomic mass is 32.2. The van der Waals surface area contributed by atoms with Crippen molar-refractivity contribution in [1.82, 2.24) is 14.2 Å². The van der Waals surface area contributed by atoms with E-state index in [4.69, 9.17) is 0 Å². The smallest absolute Gasteiger partial charge is 0.305 e. The van der Waals surface area contributed by atoms with E-state index in [9.17, 15) is 22.8 Å². The molecule has 150 valence electrons. The van der Waals surface area contributed by atoms with E-state index in [2.05, 4.69) is 10.3 Å². The van der Waals surface area contributed by atoms with Gasteiger partial charge in [0.25, 0.3) is 15.9 Å². The van der Waals surface area contributed by atoms with Gasteiger partial charge in [-0.25, -0.2) is 8.42 Å². The first-order valence-electron chi connectivity index (χ1n) is 8.55. The molecule has 0 bridgehead atoms. The topological polar surface area (TPSA) is 120 Å². The van der Waals surface area contributed by atoms with Crippen LogP contribution in [-0.2, 0) is 14.8 Å². The van der Waals surface area contributed by atoms with E-state index in [1.54, 1.807) is 36.1 Å². The standard InChI is InChI=1S/C17H20N4O5S2/c1-11-16(27-17(24)18-11)28(25,26)21-8-6-20(7-9-21)15(23)13-4-3-5-14(10-13)19-12(2)22/h3-5,10H,6-9H2,1-2H3,(H,18,24)(H,19,22). The van der Waals surface area contributed by atoms with Crippen molar-refractivity contribution in [1.29, 1.82) is 0 Å². The number of nitrogens with zero attached hydrogens (tertiary/aromatic N) is 2. The molecule has 2 N–H and O–H groups in total. The predicted molar refractivity (Wildman–Crippen MR) is 105 cm³/mol. The van der Waals surface area contributed by atoms with Gasteiger partial charge in [0.1, 0.15) is 0 Å².